The Morgan fingerprint density at radius 3 is 2.33 bits per heavy atom. The van der Waals surface area contributed by atoms with E-state index < -0.39 is 0 Å². The molecule has 6 heteroatoms. The molecule has 2 heterocycles. The first kappa shape index (κ1) is 19.2. The molecule has 3 rings (SSSR count). The van der Waals surface area contributed by atoms with Crippen molar-refractivity contribution in [3.8, 4) is 6.07 Å². The number of nitriles is 1. The second kappa shape index (κ2) is 8.92. The smallest absolute Gasteiger partial charge is 0.265 e. The number of para-hydroxylation sites is 1. The summed E-state index contributed by atoms with van der Waals surface area (Å²) in [6.07, 6.45) is 3.69. The van der Waals surface area contributed by atoms with Gasteiger partial charge in [-0.2, -0.15) is 5.26 Å². The van der Waals surface area contributed by atoms with Crippen molar-refractivity contribution in [3.05, 3.63) is 42.1 Å². The molecule has 0 spiro atoms. The Labute approximate surface area is 162 Å². The zero-order chi connectivity index (χ0) is 19.2. The molecule has 27 heavy (non-hydrogen) atoms. The second-order valence-electron chi connectivity index (χ2n) is 7.46. The molecule has 6 nitrogen and oxygen atoms in total. The third-order valence-corrected chi connectivity index (χ3v) is 5.65. The lowest BCUT2D eigenvalue weighted by Gasteiger charge is -2.36. The van der Waals surface area contributed by atoms with Gasteiger partial charge < -0.3 is 19.6 Å². The Bertz CT molecular complexity index is 695. The number of likely N-dealkylation sites (tertiary alicyclic amines) is 1. The molecule has 2 saturated heterocycles. The molecular formula is C21H29N5O. The summed E-state index contributed by atoms with van der Waals surface area (Å²) in [5.41, 5.74) is 1.46. The molecule has 1 aromatic rings. The Balaban J connectivity index is 1.58. The predicted octanol–water partition coefficient (Wildman–Crippen LogP) is 1.77. The third-order valence-electron chi connectivity index (χ3n) is 5.65. The van der Waals surface area contributed by atoms with Gasteiger partial charge in [0.25, 0.3) is 5.91 Å². The maximum Gasteiger partial charge on any atom is 0.265 e. The molecule has 0 atom stereocenters. The van der Waals surface area contributed by atoms with E-state index in [-0.39, 0.29) is 17.5 Å². The van der Waals surface area contributed by atoms with E-state index in [1.807, 2.05) is 25.2 Å². The predicted molar refractivity (Wildman–Crippen MR) is 107 cm³/mol. The molecule has 0 saturated carbocycles. The molecule has 0 N–H and O–H groups in total. The summed E-state index contributed by atoms with van der Waals surface area (Å²) in [4.78, 5) is 21.3. The van der Waals surface area contributed by atoms with Gasteiger partial charge in [0, 0.05) is 51.2 Å². The molecule has 2 aliphatic rings. The summed E-state index contributed by atoms with van der Waals surface area (Å²) in [7, 11) is 3.94. The molecule has 2 fully saturated rings. The van der Waals surface area contributed by atoms with Crippen molar-refractivity contribution in [3.63, 3.8) is 0 Å². The standard InChI is InChI=1S/C21H29N5O/c1-23-10-8-19(9-11-23)24(2)21(27)18(16-22)17-25-12-14-26(15-13-25)20-6-4-3-5-7-20/h3-7,17,19H,8-15H2,1-2H3/b18-17-. The summed E-state index contributed by atoms with van der Waals surface area (Å²) in [6.45, 7) is 5.39. The number of likely N-dealkylation sites (N-methyl/N-ethyl adjacent to an activating group) is 1. The fraction of sp³-hybridized carbons (Fsp3) is 0.524. The highest BCUT2D eigenvalue weighted by atomic mass is 16.2. The number of piperidine rings is 1. The number of piperazine rings is 1. The minimum atomic E-state index is -0.155. The highest BCUT2D eigenvalue weighted by molar-refractivity contribution is 5.97. The summed E-state index contributed by atoms with van der Waals surface area (Å²) >= 11 is 0. The van der Waals surface area contributed by atoms with Gasteiger partial charge in [-0.15, -0.1) is 0 Å². The van der Waals surface area contributed by atoms with E-state index in [2.05, 4.69) is 39.9 Å². The molecule has 2 aliphatic heterocycles. The zero-order valence-corrected chi connectivity index (χ0v) is 16.3. The van der Waals surface area contributed by atoms with Crippen LogP contribution in [0.15, 0.2) is 42.1 Å². The Kier molecular flexibility index (Phi) is 6.36. The van der Waals surface area contributed by atoms with E-state index >= 15 is 0 Å². The largest absolute Gasteiger partial charge is 0.373 e. The minimum Gasteiger partial charge on any atom is -0.373 e. The van der Waals surface area contributed by atoms with Crippen molar-refractivity contribution in [2.75, 3.05) is 58.3 Å². The van der Waals surface area contributed by atoms with Crippen LogP contribution in [0.3, 0.4) is 0 Å². The Morgan fingerprint density at radius 1 is 1.11 bits per heavy atom. The Morgan fingerprint density at radius 2 is 1.74 bits per heavy atom. The molecule has 0 radical (unpaired) electrons. The lowest BCUT2D eigenvalue weighted by atomic mass is 10.0. The van der Waals surface area contributed by atoms with Crippen LogP contribution in [0.1, 0.15) is 12.8 Å². The van der Waals surface area contributed by atoms with Gasteiger partial charge in [-0.1, -0.05) is 18.2 Å². The summed E-state index contributed by atoms with van der Waals surface area (Å²) < 4.78 is 0. The van der Waals surface area contributed by atoms with Gasteiger partial charge in [0.1, 0.15) is 11.6 Å². The highest BCUT2D eigenvalue weighted by Crippen LogP contribution is 2.18. The lowest BCUT2D eigenvalue weighted by molar-refractivity contribution is -0.128. The van der Waals surface area contributed by atoms with Crippen molar-refractivity contribution < 1.29 is 4.79 Å². The summed E-state index contributed by atoms with van der Waals surface area (Å²) in [5, 5.41) is 9.54. The number of benzene rings is 1. The normalized spacial score (nSPS) is 19.7. The monoisotopic (exact) mass is 367 g/mol. The number of carbonyl (C=O) groups excluding carboxylic acids is 1. The van der Waals surface area contributed by atoms with Gasteiger partial charge in [0.2, 0.25) is 0 Å². The van der Waals surface area contributed by atoms with Crippen molar-refractivity contribution >= 4 is 11.6 Å². The molecule has 1 aromatic carbocycles. The second-order valence-corrected chi connectivity index (χ2v) is 7.46. The molecule has 0 unspecified atom stereocenters. The first-order valence-corrected chi connectivity index (χ1v) is 9.70. The number of anilines is 1. The van der Waals surface area contributed by atoms with E-state index in [1.165, 1.54) is 5.69 Å². The van der Waals surface area contributed by atoms with Crippen molar-refractivity contribution in [1.82, 2.24) is 14.7 Å². The molecule has 0 aliphatic carbocycles. The topological polar surface area (TPSA) is 53.8 Å². The number of nitrogens with zero attached hydrogens (tertiary/aromatic N) is 5. The molecule has 0 aromatic heterocycles. The van der Waals surface area contributed by atoms with E-state index in [9.17, 15) is 10.1 Å². The van der Waals surface area contributed by atoms with Crippen LogP contribution in [0.4, 0.5) is 5.69 Å². The van der Waals surface area contributed by atoms with Crippen LogP contribution in [-0.2, 0) is 4.79 Å². The maximum atomic E-state index is 12.8. The first-order chi connectivity index (χ1) is 13.1. The van der Waals surface area contributed by atoms with Gasteiger partial charge in [-0.05, 0) is 45.1 Å². The number of amides is 1. The molecule has 0 bridgehead atoms. The summed E-state index contributed by atoms with van der Waals surface area (Å²) in [6, 6.07) is 12.7. The maximum absolute atomic E-state index is 12.8. The van der Waals surface area contributed by atoms with E-state index in [4.69, 9.17) is 0 Å². The van der Waals surface area contributed by atoms with Crippen molar-refractivity contribution in [2.45, 2.75) is 18.9 Å². The molecule has 144 valence electrons. The number of carbonyl (C=O) groups is 1. The van der Waals surface area contributed by atoms with Crippen LogP contribution in [-0.4, -0.2) is 80.0 Å². The van der Waals surface area contributed by atoms with Gasteiger partial charge in [0.15, 0.2) is 0 Å². The van der Waals surface area contributed by atoms with Crippen LogP contribution < -0.4 is 4.90 Å². The van der Waals surface area contributed by atoms with Crippen LogP contribution in [0.25, 0.3) is 0 Å². The van der Waals surface area contributed by atoms with Crippen LogP contribution in [0, 0.1) is 11.3 Å². The van der Waals surface area contributed by atoms with Gasteiger partial charge in [-0.3, -0.25) is 4.79 Å². The van der Waals surface area contributed by atoms with Crippen LogP contribution in [0.2, 0.25) is 0 Å². The number of rotatable bonds is 4. The van der Waals surface area contributed by atoms with Crippen LogP contribution in [0.5, 0.6) is 0 Å². The van der Waals surface area contributed by atoms with Gasteiger partial charge in [0.05, 0.1) is 0 Å². The molecule has 1 amide bonds. The van der Waals surface area contributed by atoms with Gasteiger partial charge >= 0.3 is 0 Å². The average molecular weight is 367 g/mol. The zero-order valence-electron chi connectivity index (χ0n) is 16.3. The summed E-state index contributed by atoms with van der Waals surface area (Å²) in [5.74, 6) is -0.155. The van der Waals surface area contributed by atoms with E-state index in [1.54, 1.807) is 11.1 Å². The van der Waals surface area contributed by atoms with Gasteiger partial charge in [-0.25, -0.2) is 0 Å². The lowest BCUT2D eigenvalue weighted by Crippen LogP contribution is -2.46. The minimum absolute atomic E-state index is 0.155. The third kappa shape index (κ3) is 4.81. The quantitative estimate of drug-likeness (QED) is 0.600. The Hall–Kier alpha value is -2.52. The van der Waals surface area contributed by atoms with Crippen molar-refractivity contribution in [1.29, 1.82) is 5.26 Å². The van der Waals surface area contributed by atoms with E-state index in [0.29, 0.717) is 0 Å². The number of hydrogen-bond donors (Lipinski definition) is 0. The van der Waals surface area contributed by atoms with Crippen molar-refractivity contribution in [2.24, 2.45) is 0 Å². The molecular weight excluding hydrogens is 338 g/mol. The number of hydrogen-bond acceptors (Lipinski definition) is 5. The fourth-order valence-electron chi connectivity index (χ4n) is 3.80. The van der Waals surface area contributed by atoms with E-state index in [0.717, 1.165) is 52.1 Å². The SMILES string of the molecule is CN1CCC(N(C)C(=O)/C(C#N)=C\N2CCN(c3ccccc3)CC2)CC1. The fourth-order valence-corrected chi connectivity index (χ4v) is 3.80. The first-order valence-electron chi connectivity index (χ1n) is 9.70. The highest BCUT2D eigenvalue weighted by Gasteiger charge is 2.26. The van der Waals surface area contributed by atoms with Crippen LogP contribution >= 0.6 is 0 Å². The average Bonchev–Trinajstić information content (AvgIpc) is 2.72.